The van der Waals surface area contributed by atoms with E-state index in [0.29, 0.717) is 37.3 Å². The second kappa shape index (κ2) is 19.3. The van der Waals surface area contributed by atoms with E-state index in [1.165, 1.54) is 5.56 Å². The molecule has 1 fully saturated rings. The molecule has 1 aromatic rings. The van der Waals surface area contributed by atoms with Crippen LogP contribution in [0.2, 0.25) is 0 Å². The van der Waals surface area contributed by atoms with E-state index in [-0.39, 0.29) is 17.9 Å². The highest BCUT2D eigenvalue weighted by Crippen LogP contribution is 2.42. The predicted octanol–water partition coefficient (Wildman–Crippen LogP) is 8.07. The average Bonchev–Trinajstić information content (AvgIpc) is 3.20. The molecule has 1 aliphatic carbocycles. The minimum absolute atomic E-state index is 0.123. The van der Waals surface area contributed by atoms with Gasteiger partial charge in [-0.1, -0.05) is 91.1 Å². The van der Waals surface area contributed by atoms with Crippen LogP contribution < -0.4 is 5.32 Å². The Bertz CT molecular complexity index is 856. The van der Waals surface area contributed by atoms with Crippen molar-refractivity contribution in [3.63, 3.8) is 0 Å². The summed E-state index contributed by atoms with van der Waals surface area (Å²) in [5.41, 5.74) is 1.36. The molecule has 38 heavy (non-hydrogen) atoms. The molecular weight excluding hydrogens is 589 g/mol. The number of rotatable bonds is 17. The molecule has 0 saturated heterocycles. The van der Waals surface area contributed by atoms with Gasteiger partial charge in [0.15, 0.2) is 0 Å². The summed E-state index contributed by atoms with van der Waals surface area (Å²) in [5.74, 6) is 1.59. The third-order valence-electron chi connectivity index (χ3n) is 7.37. The fourth-order valence-electron chi connectivity index (χ4n) is 5.14. The number of ether oxygens (including phenoxy) is 2. The first-order valence-electron chi connectivity index (χ1n) is 14.5. The van der Waals surface area contributed by atoms with E-state index in [1.54, 1.807) is 0 Å². The van der Waals surface area contributed by atoms with Crippen molar-refractivity contribution in [3.8, 4) is 0 Å². The molecule has 0 heterocycles. The van der Waals surface area contributed by atoms with Crippen LogP contribution in [0.3, 0.4) is 0 Å². The SMILES string of the molecule is CCNC(=O)CCC/C=C\C[C@@H]1[C@@H](/C=C/[C@@H](C)CCc2ccccc2)[C@H](OC(=O)OCCCCI)C[C@@H]1C. The molecule has 0 radical (unpaired) electrons. The lowest BCUT2D eigenvalue weighted by molar-refractivity contribution is -0.121. The van der Waals surface area contributed by atoms with Gasteiger partial charge in [-0.2, -0.15) is 0 Å². The van der Waals surface area contributed by atoms with Crippen LogP contribution in [-0.4, -0.2) is 35.7 Å². The van der Waals surface area contributed by atoms with E-state index in [2.05, 4.69) is 96.4 Å². The Kier molecular flexibility index (Phi) is 16.4. The molecule has 0 spiro atoms. The minimum Gasteiger partial charge on any atom is -0.434 e. The lowest BCUT2D eigenvalue weighted by atomic mass is 9.85. The van der Waals surface area contributed by atoms with Gasteiger partial charge in [0.2, 0.25) is 5.91 Å². The summed E-state index contributed by atoms with van der Waals surface area (Å²) in [4.78, 5) is 24.1. The molecule has 6 heteroatoms. The standard InChI is InChI=1S/C32H48INO4/c1-4-34-31(35)17-11-6-5-10-16-28-26(3)24-30(38-32(36)37-23-13-12-22-33)29(28)21-19-25(2)18-20-27-14-8-7-9-15-27/h5,7-10,14-15,19,21,25-26,28-30H,4,6,11-13,16-18,20,22-24H2,1-3H3,(H,34,35)/b10-5-,21-19+/t25-,26-,28-,29+,30+/m0/s1. The van der Waals surface area contributed by atoms with Gasteiger partial charge in [-0.3, -0.25) is 4.79 Å². The highest BCUT2D eigenvalue weighted by atomic mass is 127. The predicted molar refractivity (Wildman–Crippen MR) is 164 cm³/mol. The molecule has 1 N–H and O–H groups in total. The van der Waals surface area contributed by atoms with Gasteiger partial charge >= 0.3 is 6.16 Å². The Hall–Kier alpha value is -1.83. The number of unbranched alkanes of at least 4 members (excludes halogenated alkanes) is 2. The first-order valence-corrected chi connectivity index (χ1v) is 16.0. The van der Waals surface area contributed by atoms with Gasteiger partial charge in [0.1, 0.15) is 6.10 Å². The van der Waals surface area contributed by atoms with E-state index in [9.17, 15) is 9.59 Å². The summed E-state index contributed by atoms with van der Waals surface area (Å²) < 4.78 is 12.3. The monoisotopic (exact) mass is 637 g/mol. The van der Waals surface area contributed by atoms with Crippen molar-refractivity contribution in [1.82, 2.24) is 5.32 Å². The van der Waals surface area contributed by atoms with Crippen molar-refractivity contribution in [2.45, 2.75) is 84.7 Å². The maximum Gasteiger partial charge on any atom is 0.508 e. The number of carbonyl (C=O) groups excluding carboxylic acids is 2. The van der Waals surface area contributed by atoms with Gasteiger partial charge in [-0.05, 0) is 86.0 Å². The van der Waals surface area contributed by atoms with E-state index >= 15 is 0 Å². The zero-order valence-corrected chi connectivity index (χ0v) is 25.7. The van der Waals surface area contributed by atoms with Gasteiger partial charge in [-0.25, -0.2) is 4.79 Å². The van der Waals surface area contributed by atoms with Gasteiger partial charge in [-0.15, -0.1) is 0 Å². The quantitative estimate of drug-likeness (QED) is 0.0617. The van der Waals surface area contributed by atoms with Crippen molar-refractivity contribution < 1.29 is 19.1 Å². The van der Waals surface area contributed by atoms with E-state index in [4.69, 9.17) is 9.47 Å². The number of carbonyl (C=O) groups is 2. The Morgan fingerprint density at radius 1 is 1.16 bits per heavy atom. The maximum atomic E-state index is 12.4. The summed E-state index contributed by atoms with van der Waals surface area (Å²) in [6.45, 7) is 7.58. The summed E-state index contributed by atoms with van der Waals surface area (Å²) in [7, 11) is 0. The molecule has 212 valence electrons. The van der Waals surface area contributed by atoms with Crippen molar-refractivity contribution in [1.29, 1.82) is 0 Å². The van der Waals surface area contributed by atoms with Crippen LogP contribution >= 0.6 is 22.6 Å². The third-order valence-corrected chi connectivity index (χ3v) is 8.13. The number of nitrogens with one attached hydrogen (secondary N) is 1. The van der Waals surface area contributed by atoms with Crippen molar-refractivity contribution >= 4 is 34.7 Å². The number of alkyl halides is 1. The third kappa shape index (κ3) is 12.8. The van der Waals surface area contributed by atoms with Crippen LogP contribution in [-0.2, 0) is 20.7 Å². The summed E-state index contributed by atoms with van der Waals surface area (Å²) in [6, 6.07) is 10.6. The number of benzene rings is 1. The fourth-order valence-corrected chi connectivity index (χ4v) is 5.68. The molecule has 0 aromatic heterocycles. The van der Waals surface area contributed by atoms with Crippen LogP contribution in [0.4, 0.5) is 4.79 Å². The van der Waals surface area contributed by atoms with Crippen molar-refractivity contribution in [3.05, 3.63) is 60.2 Å². The van der Waals surface area contributed by atoms with Crippen molar-refractivity contribution in [2.24, 2.45) is 23.7 Å². The van der Waals surface area contributed by atoms with Crippen LogP contribution in [0.15, 0.2) is 54.6 Å². The summed E-state index contributed by atoms with van der Waals surface area (Å²) in [6.07, 6.45) is 16.6. The minimum atomic E-state index is -0.535. The van der Waals surface area contributed by atoms with Crippen LogP contribution in [0.25, 0.3) is 0 Å². The lowest BCUT2D eigenvalue weighted by Gasteiger charge is -2.23. The number of amides is 1. The first kappa shape index (κ1) is 32.4. The Morgan fingerprint density at radius 2 is 1.95 bits per heavy atom. The van der Waals surface area contributed by atoms with Gasteiger partial charge in [0.25, 0.3) is 0 Å². The zero-order valence-electron chi connectivity index (χ0n) is 23.6. The number of hydrogen-bond acceptors (Lipinski definition) is 4. The molecule has 1 saturated carbocycles. The molecular formula is C32H48INO4. The maximum absolute atomic E-state index is 12.4. The molecule has 2 rings (SSSR count). The number of allylic oxidation sites excluding steroid dienone is 3. The molecule has 1 amide bonds. The summed E-state index contributed by atoms with van der Waals surface area (Å²) in [5, 5.41) is 2.85. The van der Waals surface area contributed by atoms with Gasteiger partial charge < -0.3 is 14.8 Å². The molecule has 5 nitrogen and oxygen atoms in total. The Balaban J connectivity index is 1.96. The molecule has 0 unspecified atom stereocenters. The van der Waals surface area contributed by atoms with E-state index in [1.807, 2.05) is 6.92 Å². The number of hydrogen-bond donors (Lipinski definition) is 1. The van der Waals surface area contributed by atoms with Gasteiger partial charge in [0.05, 0.1) is 6.61 Å². The van der Waals surface area contributed by atoms with Crippen molar-refractivity contribution in [2.75, 3.05) is 17.6 Å². The van der Waals surface area contributed by atoms with Crippen LogP contribution in [0, 0.1) is 23.7 Å². The summed E-state index contributed by atoms with van der Waals surface area (Å²) >= 11 is 2.34. The van der Waals surface area contributed by atoms with E-state index < -0.39 is 6.16 Å². The normalized spacial score (nSPS) is 22.1. The van der Waals surface area contributed by atoms with E-state index in [0.717, 1.165) is 55.8 Å². The average molecular weight is 638 g/mol. The Labute approximate surface area is 244 Å². The number of aryl methyl sites for hydroxylation is 1. The molecule has 0 aliphatic heterocycles. The molecule has 0 bridgehead atoms. The number of halogens is 1. The second-order valence-electron chi connectivity index (χ2n) is 10.5. The first-order chi connectivity index (χ1) is 18.4. The molecule has 1 aliphatic rings. The molecule has 5 atom stereocenters. The largest absolute Gasteiger partial charge is 0.508 e. The highest BCUT2D eigenvalue weighted by Gasteiger charge is 2.41. The fraction of sp³-hybridized carbons (Fsp3) is 0.625. The van der Waals surface area contributed by atoms with Crippen LogP contribution in [0.5, 0.6) is 0 Å². The highest BCUT2D eigenvalue weighted by molar-refractivity contribution is 14.1. The lowest BCUT2D eigenvalue weighted by Crippen LogP contribution is -2.25. The Morgan fingerprint density at radius 3 is 2.68 bits per heavy atom. The van der Waals surface area contributed by atoms with Gasteiger partial charge in [0, 0.05) is 18.9 Å². The van der Waals surface area contributed by atoms with Crippen LogP contribution in [0.1, 0.15) is 77.7 Å². The topological polar surface area (TPSA) is 64.6 Å². The molecule has 1 aromatic carbocycles. The second-order valence-corrected chi connectivity index (χ2v) is 11.6. The zero-order chi connectivity index (χ0) is 27.6. The smallest absolute Gasteiger partial charge is 0.434 e.